The van der Waals surface area contributed by atoms with Gasteiger partial charge in [0.15, 0.2) is 5.69 Å². The zero-order valence-corrected chi connectivity index (χ0v) is 10.3. The van der Waals surface area contributed by atoms with E-state index in [0.29, 0.717) is 18.4 Å². The van der Waals surface area contributed by atoms with Crippen LogP contribution in [-0.4, -0.2) is 31.6 Å². The van der Waals surface area contributed by atoms with Gasteiger partial charge in [0.1, 0.15) is 17.1 Å². The lowest BCUT2D eigenvalue weighted by molar-refractivity contribution is 0.0693. The van der Waals surface area contributed by atoms with E-state index in [1.165, 1.54) is 12.5 Å². The number of hydrogen-bond acceptors (Lipinski definition) is 4. The normalized spacial score (nSPS) is 15.6. The molecule has 0 radical (unpaired) electrons. The number of rotatable bonds is 4. The van der Waals surface area contributed by atoms with Gasteiger partial charge in [-0.2, -0.15) is 0 Å². The summed E-state index contributed by atoms with van der Waals surface area (Å²) in [6.45, 7) is 0.503. The quantitative estimate of drug-likeness (QED) is 0.774. The van der Waals surface area contributed by atoms with Crippen molar-refractivity contribution < 1.29 is 15.0 Å². The number of hydrogen-bond donors (Lipinski definition) is 3. The fraction of sp³-hybridized carbons (Fsp3) is 0.385. The molecule has 0 unspecified atom stereocenters. The number of carboxylic acids is 1. The molecule has 1 saturated carbocycles. The van der Waals surface area contributed by atoms with E-state index in [-0.39, 0.29) is 17.0 Å². The molecule has 1 fully saturated rings. The maximum absolute atomic E-state index is 11.2. The lowest BCUT2D eigenvalue weighted by Gasteiger charge is -2.26. The molecule has 0 spiro atoms. The molecule has 0 saturated heterocycles. The molecule has 1 aliphatic carbocycles. The number of nitrogens with one attached hydrogen (secondary N) is 1. The minimum atomic E-state index is -1.13. The number of fused-ring (bicyclic) bond motifs is 1. The first-order valence-electron chi connectivity index (χ1n) is 6.32. The summed E-state index contributed by atoms with van der Waals surface area (Å²) in [7, 11) is 0. The van der Waals surface area contributed by atoms with Gasteiger partial charge in [-0.15, -0.1) is 0 Å². The maximum atomic E-state index is 11.2. The van der Waals surface area contributed by atoms with E-state index >= 15 is 0 Å². The van der Waals surface area contributed by atoms with Crippen LogP contribution in [0.25, 0.3) is 5.52 Å². The van der Waals surface area contributed by atoms with Crippen LogP contribution in [0.4, 0.5) is 0 Å². The van der Waals surface area contributed by atoms with Crippen LogP contribution in [0.15, 0.2) is 18.3 Å². The standard InChI is InChI=1S/C13H15N3O3/c17-9-5-2-6-16-10(7-14-8-3-1-4-8)15-11(12(9)16)13(18)19/h2,5-6,8,14,17H,1,3-4,7H2,(H,18,19). The topological polar surface area (TPSA) is 86.9 Å². The molecule has 6 nitrogen and oxygen atoms in total. The average Bonchev–Trinajstić information content (AvgIpc) is 2.68. The molecule has 2 aromatic heterocycles. The Morgan fingerprint density at radius 2 is 2.32 bits per heavy atom. The summed E-state index contributed by atoms with van der Waals surface area (Å²) in [5.41, 5.74) is 0.143. The lowest BCUT2D eigenvalue weighted by atomic mass is 9.93. The van der Waals surface area contributed by atoms with Crippen molar-refractivity contribution in [2.24, 2.45) is 0 Å². The molecule has 2 heterocycles. The first-order valence-corrected chi connectivity index (χ1v) is 6.32. The number of aromatic nitrogens is 2. The first-order chi connectivity index (χ1) is 9.16. The van der Waals surface area contributed by atoms with Crippen molar-refractivity contribution in [3.05, 3.63) is 29.8 Å². The molecule has 0 aromatic carbocycles. The molecule has 3 N–H and O–H groups in total. The summed E-state index contributed by atoms with van der Waals surface area (Å²) in [5.74, 6) is -0.591. The largest absolute Gasteiger partial charge is 0.506 e. The summed E-state index contributed by atoms with van der Waals surface area (Å²) in [4.78, 5) is 15.3. The molecule has 3 rings (SSSR count). The van der Waals surface area contributed by atoms with Crippen LogP contribution in [0.3, 0.4) is 0 Å². The monoisotopic (exact) mass is 261 g/mol. The Labute approximate surface area is 109 Å². The highest BCUT2D eigenvalue weighted by Gasteiger charge is 2.21. The minimum absolute atomic E-state index is 0.0673. The van der Waals surface area contributed by atoms with Gasteiger partial charge in [-0.1, -0.05) is 6.42 Å². The van der Waals surface area contributed by atoms with Gasteiger partial charge >= 0.3 is 5.97 Å². The fourth-order valence-corrected chi connectivity index (χ4v) is 2.31. The molecule has 100 valence electrons. The number of aromatic carboxylic acids is 1. The number of imidazole rings is 1. The lowest BCUT2D eigenvalue weighted by Crippen LogP contribution is -2.35. The highest BCUT2D eigenvalue weighted by Crippen LogP contribution is 2.24. The third-order valence-electron chi connectivity index (χ3n) is 3.57. The summed E-state index contributed by atoms with van der Waals surface area (Å²) >= 11 is 0. The Morgan fingerprint density at radius 3 is 2.95 bits per heavy atom. The fourth-order valence-electron chi connectivity index (χ4n) is 2.31. The van der Waals surface area contributed by atoms with Crippen molar-refractivity contribution in [1.29, 1.82) is 0 Å². The van der Waals surface area contributed by atoms with Crippen LogP contribution in [0.2, 0.25) is 0 Å². The predicted octanol–water partition coefficient (Wildman–Crippen LogP) is 1.38. The van der Waals surface area contributed by atoms with Gasteiger partial charge in [-0.3, -0.25) is 4.40 Å². The van der Waals surface area contributed by atoms with Gasteiger partial charge in [0.25, 0.3) is 0 Å². The molecule has 1 aliphatic rings. The predicted molar refractivity (Wildman–Crippen MR) is 68.3 cm³/mol. The van der Waals surface area contributed by atoms with Crippen LogP contribution >= 0.6 is 0 Å². The Hall–Kier alpha value is -2.08. The number of pyridine rings is 1. The second-order valence-electron chi connectivity index (χ2n) is 4.80. The molecular weight excluding hydrogens is 246 g/mol. The van der Waals surface area contributed by atoms with Crippen molar-refractivity contribution in [3.63, 3.8) is 0 Å². The Morgan fingerprint density at radius 1 is 1.53 bits per heavy atom. The number of carbonyl (C=O) groups is 1. The van der Waals surface area contributed by atoms with Gasteiger partial charge in [-0.05, 0) is 25.0 Å². The highest BCUT2D eigenvalue weighted by molar-refractivity contribution is 5.95. The summed E-state index contributed by atoms with van der Waals surface area (Å²) in [6, 6.07) is 3.63. The van der Waals surface area contributed by atoms with Gasteiger partial charge in [-0.25, -0.2) is 9.78 Å². The molecule has 2 aromatic rings. The zero-order chi connectivity index (χ0) is 13.4. The van der Waals surface area contributed by atoms with E-state index in [4.69, 9.17) is 5.11 Å². The van der Waals surface area contributed by atoms with E-state index in [0.717, 1.165) is 12.8 Å². The van der Waals surface area contributed by atoms with Gasteiger partial charge < -0.3 is 15.5 Å². The third-order valence-corrected chi connectivity index (χ3v) is 3.57. The second kappa shape index (κ2) is 4.55. The minimum Gasteiger partial charge on any atom is -0.506 e. The molecular formula is C13H15N3O3. The van der Waals surface area contributed by atoms with E-state index in [9.17, 15) is 9.90 Å². The highest BCUT2D eigenvalue weighted by atomic mass is 16.4. The maximum Gasteiger partial charge on any atom is 0.356 e. The first kappa shape index (κ1) is 12.0. The SMILES string of the molecule is O=C(O)c1nc(CNC2CCC2)n2cccc(O)c12. The Balaban J connectivity index is 1.99. The molecule has 6 heteroatoms. The van der Waals surface area contributed by atoms with Crippen LogP contribution in [-0.2, 0) is 6.54 Å². The van der Waals surface area contributed by atoms with E-state index in [1.54, 1.807) is 16.7 Å². The Bertz CT molecular complexity index is 631. The van der Waals surface area contributed by atoms with Crippen molar-refractivity contribution >= 4 is 11.5 Å². The van der Waals surface area contributed by atoms with Crippen LogP contribution in [0, 0.1) is 0 Å². The molecule has 0 amide bonds. The molecule has 0 bridgehead atoms. The zero-order valence-electron chi connectivity index (χ0n) is 10.3. The van der Waals surface area contributed by atoms with Crippen LogP contribution < -0.4 is 5.32 Å². The van der Waals surface area contributed by atoms with Crippen LogP contribution in [0.1, 0.15) is 35.6 Å². The van der Waals surface area contributed by atoms with Gasteiger partial charge in [0.05, 0.1) is 6.54 Å². The molecule has 0 aliphatic heterocycles. The summed E-state index contributed by atoms with van der Waals surface area (Å²) in [5, 5.41) is 22.3. The van der Waals surface area contributed by atoms with Crippen molar-refractivity contribution in [2.75, 3.05) is 0 Å². The smallest absolute Gasteiger partial charge is 0.356 e. The number of aromatic hydroxyl groups is 1. The average molecular weight is 261 g/mol. The molecule has 19 heavy (non-hydrogen) atoms. The van der Waals surface area contributed by atoms with Crippen molar-refractivity contribution in [2.45, 2.75) is 31.8 Å². The number of nitrogens with zero attached hydrogens (tertiary/aromatic N) is 2. The van der Waals surface area contributed by atoms with Crippen molar-refractivity contribution in [1.82, 2.24) is 14.7 Å². The summed E-state index contributed by atoms with van der Waals surface area (Å²) < 4.78 is 1.63. The van der Waals surface area contributed by atoms with Gasteiger partial charge in [0, 0.05) is 12.2 Å². The number of carboxylic acid groups (broad SMARTS) is 1. The van der Waals surface area contributed by atoms with Gasteiger partial charge in [0.2, 0.25) is 0 Å². The van der Waals surface area contributed by atoms with E-state index in [2.05, 4.69) is 10.3 Å². The Kier molecular flexibility index (Phi) is 2.87. The van der Waals surface area contributed by atoms with E-state index in [1.807, 2.05) is 0 Å². The summed E-state index contributed by atoms with van der Waals surface area (Å²) in [6.07, 6.45) is 5.26. The third kappa shape index (κ3) is 2.04. The second-order valence-corrected chi connectivity index (χ2v) is 4.80. The van der Waals surface area contributed by atoms with E-state index < -0.39 is 5.97 Å². The van der Waals surface area contributed by atoms with Crippen LogP contribution in [0.5, 0.6) is 5.75 Å². The molecule has 0 atom stereocenters. The van der Waals surface area contributed by atoms with Crippen molar-refractivity contribution in [3.8, 4) is 5.75 Å².